The molecule has 1 aliphatic rings. The number of halogens is 6. The van der Waals surface area contributed by atoms with E-state index in [1.165, 1.54) is 19.3 Å². The third kappa shape index (κ3) is 3.20. The van der Waals surface area contributed by atoms with Crippen LogP contribution in [0.4, 0.5) is 22.0 Å². The summed E-state index contributed by atoms with van der Waals surface area (Å²) in [7, 11) is 0. The van der Waals surface area contributed by atoms with Gasteiger partial charge in [-0.15, -0.1) is 0 Å². The van der Waals surface area contributed by atoms with Crippen LogP contribution in [0.3, 0.4) is 0 Å². The summed E-state index contributed by atoms with van der Waals surface area (Å²) in [5.41, 5.74) is -0.672. The Morgan fingerprint density at radius 3 is 1.84 bits per heavy atom. The first-order valence-electron chi connectivity index (χ1n) is 6.10. The summed E-state index contributed by atoms with van der Waals surface area (Å²) in [6, 6.07) is 0. The summed E-state index contributed by atoms with van der Waals surface area (Å²) in [6.45, 7) is 0. The van der Waals surface area contributed by atoms with Crippen LogP contribution in [-0.2, 0) is 6.42 Å². The molecule has 108 valence electrons. The zero-order valence-corrected chi connectivity index (χ0v) is 12.2. The van der Waals surface area contributed by atoms with Gasteiger partial charge in [0.25, 0.3) is 0 Å². The molecule has 0 bridgehead atoms. The van der Waals surface area contributed by atoms with Gasteiger partial charge in [-0.1, -0.05) is 0 Å². The molecule has 0 amide bonds. The van der Waals surface area contributed by atoms with Crippen molar-refractivity contribution in [3.8, 4) is 0 Å². The van der Waals surface area contributed by atoms with Gasteiger partial charge in [-0.2, -0.15) is 0 Å². The van der Waals surface area contributed by atoms with Crippen molar-refractivity contribution < 1.29 is 43.2 Å². The molecular formula is C13H13F5I-. The van der Waals surface area contributed by atoms with Gasteiger partial charge in [-0.25, -0.2) is 0 Å². The summed E-state index contributed by atoms with van der Waals surface area (Å²) >= 11 is 0.00197. The zero-order chi connectivity index (χ0) is 14.0. The van der Waals surface area contributed by atoms with Crippen molar-refractivity contribution in [1.29, 1.82) is 0 Å². The van der Waals surface area contributed by atoms with Gasteiger partial charge >= 0.3 is 118 Å². The third-order valence-corrected chi connectivity index (χ3v) is 7.10. The Kier molecular flexibility index (Phi) is 5.03. The van der Waals surface area contributed by atoms with Crippen molar-refractivity contribution in [3.63, 3.8) is 0 Å². The van der Waals surface area contributed by atoms with Gasteiger partial charge in [0.1, 0.15) is 0 Å². The fraction of sp³-hybridized carbons (Fsp3) is 0.538. The third-order valence-electron chi connectivity index (χ3n) is 3.22. The summed E-state index contributed by atoms with van der Waals surface area (Å²) < 4.78 is 67.1. The van der Waals surface area contributed by atoms with Gasteiger partial charge in [0.15, 0.2) is 0 Å². The molecule has 0 nitrogen and oxygen atoms in total. The van der Waals surface area contributed by atoms with Crippen molar-refractivity contribution in [2.24, 2.45) is 0 Å². The van der Waals surface area contributed by atoms with Crippen LogP contribution in [0.2, 0.25) is 0 Å². The molecule has 0 aromatic heterocycles. The minimum absolute atomic E-state index is 0.00197. The fourth-order valence-corrected chi connectivity index (χ4v) is 5.32. The van der Waals surface area contributed by atoms with Crippen LogP contribution in [-0.4, -0.2) is 8.35 Å². The molecule has 0 N–H and O–H groups in total. The molecule has 19 heavy (non-hydrogen) atoms. The van der Waals surface area contributed by atoms with Gasteiger partial charge in [0.05, 0.1) is 0 Å². The predicted octanol–water partition coefficient (Wildman–Crippen LogP) is 0.956. The molecule has 0 unspecified atom stereocenters. The molecule has 0 spiro atoms. The van der Waals surface area contributed by atoms with Crippen LogP contribution >= 0.6 is 0 Å². The molecule has 0 saturated heterocycles. The van der Waals surface area contributed by atoms with E-state index in [1.54, 1.807) is 0 Å². The molecule has 1 fully saturated rings. The molecule has 1 aliphatic carbocycles. The average Bonchev–Trinajstić information content (AvgIpc) is 2.35. The number of benzene rings is 1. The van der Waals surface area contributed by atoms with E-state index in [9.17, 15) is 22.0 Å². The quantitative estimate of drug-likeness (QED) is 0.175. The maximum atomic E-state index is 13.4. The van der Waals surface area contributed by atoms with Crippen molar-refractivity contribution in [1.82, 2.24) is 0 Å². The topological polar surface area (TPSA) is 0 Å². The second-order valence-electron chi connectivity index (χ2n) is 4.52. The molecule has 0 aliphatic heterocycles. The summed E-state index contributed by atoms with van der Waals surface area (Å²) in [6.07, 6.45) is 4.12. The van der Waals surface area contributed by atoms with Gasteiger partial charge in [0, 0.05) is 0 Å². The second-order valence-corrected chi connectivity index (χ2v) is 8.24. The Morgan fingerprint density at radius 1 is 0.842 bits per heavy atom. The number of hydrogen-bond acceptors (Lipinski definition) is 0. The first-order valence-corrected chi connectivity index (χ1v) is 8.87. The monoisotopic (exact) mass is 391 g/mol. The molecule has 2 rings (SSSR count). The molecule has 0 radical (unpaired) electrons. The van der Waals surface area contributed by atoms with E-state index >= 15 is 0 Å². The summed E-state index contributed by atoms with van der Waals surface area (Å²) in [4.78, 5) is 0. The van der Waals surface area contributed by atoms with Crippen molar-refractivity contribution in [2.45, 2.75) is 36.0 Å². The first-order chi connectivity index (χ1) is 9.02. The Bertz CT molecular complexity index is 442. The maximum absolute atomic E-state index is 13.4. The Morgan fingerprint density at radius 2 is 1.37 bits per heavy atom. The van der Waals surface area contributed by atoms with E-state index in [-0.39, 0.29) is 27.6 Å². The minimum atomic E-state index is -2.08. The van der Waals surface area contributed by atoms with E-state index in [1.807, 2.05) is 0 Å². The van der Waals surface area contributed by atoms with E-state index in [0.29, 0.717) is 6.42 Å². The Hall–Kier alpha value is -0.400. The van der Waals surface area contributed by atoms with Crippen LogP contribution in [0.1, 0.15) is 31.2 Å². The molecule has 1 aromatic carbocycles. The van der Waals surface area contributed by atoms with E-state index < -0.39 is 34.6 Å². The second kappa shape index (κ2) is 6.37. The van der Waals surface area contributed by atoms with Gasteiger partial charge in [-0.3, -0.25) is 0 Å². The van der Waals surface area contributed by atoms with Crippen LogP contribution in [0, 0.1) is 29.1 Å². The Balaban J connectivity index is 1.99. The van der Waals surface area contributed by atoms with Crippen LogP contribution in [0.25, 0.3) is 0 Å². The fourth-order valence-electron chi connectivity index (χ4n) is 1.86. The van der Waals surface area contributed by atoms with Crippen molar-refractivity contribution in [2.75, 3.05) is 4.43 Å². The van der Waals surface area contributed by atoms with Gasteiger partial charge in [-0.05, 0) is 0 Å². The van der Waals surface area contributed by atoms with Crippen molar-refractivity contribution >= 4 is 0 Å². The standard InChI is InChI=1S/C13H13F5I/c14-9-8(5-2-6-19-7-3-1-4-7)10(15)12(17)13(18)11(9)16/h7H,1-6H2/q-1. The number of hydrogen-bond donors (Lipinski definition) is 0. The zero-order valence-electron chi connectivity index (χ0n) is 10.1. The van der Waals surface area contributed by atoms with E-state index in [4.69, 9.17) is 0 Å². The molecule has 0 heterocycles. The van der Waals surface area contributed by atoms with Crippen LogP contribution in [0.15, 0.2) is 0 Å². The summed E-state index contributed by atoms with van der Waals surface area (Å²) in [5, 5.41) is 0. The number of rotatable bonds is 5. The molecule has 6 heteroatoms. The summed E-state index contributed by atoms with van der Waals surface area (Å²) in [5.74, 6) is -9.14. The number of alkyl halides is 2. The predicted molar refractivity (Wildman–Crippen MR) is 57.1 cm³/mol. The van der Waals surface area contributed by atoms with Crippen LogP contribution < -0.4 is 21.2 Å². The first kappa shape index (κ1) is 15.0. The van der Waals surface area contributed by atoms with E-state index in [2.05, 4.69) is 0 Å². The molecule has 0 atom stereocenters. The SMILES string of the molecule is Fc1c(F)c(F)c(CCC[I-]C2CCC2)c(F)c1F. The van der Waals surface area contributed by atoms with E-state index in [0.717, 1.165) is 8.35 Å². The normalized spacial score (nSPS) is 15.8. The average molecular weight is 391 g/mol. The van der Waals surface area contributed by atoms with Crippen molar-refractivity contribution in [3.05, 3.63) is 34.6 Å². The van der Waals surface area contributed by atoms with Gasteiger partial charge in [0.2, 0.25) is 0 Å². The molecule has 1 aromatic rings. The van der Waals surface area contributed by atoms with Crippen LogP contribution in [0.5, 0.6) is 0 Å². The molecular weight excluding hydrogens is 378 g/mol. The Labute approximate surface area is 118 Å². The molecule has 1 saturated carbocycles. The van der Waals surface area contributed by atoms with Gasteiger partial charge < -0.3 is 0 Å².